The Kier molecular flexibility index (Phi) is 4.03. The maximum absolute atomic E-state index is 12.3. The Morgan fingerprint density at radius 1 is 1.21 bits per heavy atom. The van der Waals surface area contributed by atoms with Crippen molar-refractivity contribution in [2.45, 2.75) is 38.5 Å². The normalized spacial score (nSPS) is 26.7. The van der Waals surface area contributed by atoms with Crippen molar-refractivity contribution in [1.29, 1.82) is 0 Å². The van der Waals surface area contributed by atoms with Crippen LogP contribution in [-0.4, -0.2) is 18.9 Å². The zero-order chi connectivity index (χ0) is 13.9. The summed E-state index contributed by atoms with van der Waals surface area (Å²) in [5, 5.41) is 0. The molecule has 2 unspecified atom stereocenters. The Morgan fingerprint density at radius 3 is 2.47 bits per heavy atom. The molecule has 0 bridgehead atoms. The molecule has 1 aliphatic rings. The number of rotatable bonds is 3. The van der Waals surface area contributed by atoms with E-state index in [-0.39, 0.29) is 17.7 Å². The topological polar surface area (TPSA) is 43.4 Å². The Balaban J connectivity index is 2.48. The molecule has 0 N–H and O–H groups in total. The molecule has 2 atom stereocenters. The number of ketones is 1. The van der Waals surface area contributed by atoms with Gasteiger partial charge in [-0.25, -0.2) is 0 Å². The lowest BCUT2D eigenvalue weighted by Gasteiger charge is -2.40. The molecular formula is C16H20O3. The molecule has 1 fully saturated rings. The molecule has 3 heteroatoms. The lowest BCUT2D eigenvalue weighted by molar-refractivity contribution is -0.161. The van der Waals surface area contributed by atoms with Crippen LogP contribution in [0, 0.1) is 5.41 Å². The molecule has 102 valence electrons. The van der Waals surface area contributed by atoms with Crippen LogP contribution in [0.15, 0.2) is 30.3 Å². The number of benzene rings is 1. The Hall–Kier alpha value is -1.64. The molecule has 1 aromatic carbocycles. The molecule has 2 rings (SSSR count). The van der Waals surface area contributed by atoms with Crippen molar-refractivity contribution in [1.82, 2.24) is 0 Å². The highest BCUT2D eigenvalue weighted by molar-refractivity contribution is 6.04. The first kappa shape index (κ1) is 13.8. The van der Waals surface area contributed by atoms with E-state index in [2.05, 4.69) is 0 Å². The number of Topliss-reactive ketones (excluding diaryl/α,β-unsaturated/α-hetero) is 1. The second-order valence-corrected chi connectivity index (χ2v) is 5.23. The number of carbonyl (C=O) groups is 2. The van der Waals surface area contributed by atoms with Crippen LogP contribution in [0.25, 0.3) is 0 Å². The molecule has 0 aliphatic heterocycles. The molecule has 0 amide bonds. The van der Waals surface area contributed by atoms with Gasteiger partial charge in [-0.2, -0.15) is 0 Å². The summed E-state index contributed by atoms with van der Waals surface area (Å²) in [6, 6.07) is 9.84. The first-order valence-corrected chi connectivity index (χ1v) is 6.77. The molecule has 1 saturated carbocycles. The van der Waals surface area contributed by atoms with E-state index in [4.69, 9.17) is 4.74 Å². The number of carbonyl (C=O) groups excluding carboxylic acids is 2. The molecule has 1 aliphatic carbocycles. The predicted octanol–water partition coefficient (Wildman–Crippen LogP) is 3.09. The smallest absolute Gasteiger partial charge is 0.319 e. The molecule has 0 radical (unpaired) electrons. The standard InChI is InChI=1S/C16H20O3/c1-12(17)16(15(18)19-2)11-7-6-10-14(16)13-8-4-3-5-9-13/h3-5,8-9,14H,6-7,10-11H2,1-2H3. The van der Waals surface area contributed by atoms with Crippen molar-refractivity contribution in [3.05, 3.63) is 35.9 Å². The fraction of sp³-hybridized carbons (Fsp3) is 0.500. The molecule has 0 aromatic heterocycles. The SMILES string of the molecule is COC(=O)C1(C(C)=O)CCCCC1c1ccccc1. The van der Waals surface area contributed by atoms with E-state index in [0.29, 0.717) is 6.42 Å². The minimum atomic E-state index is -0.992. The first-order valence-electron chi connectivity index (χ1n) is 6.77. The summed E-state index contributed by atoms with van der Waals surface area (Å²) < 4.78 is 4.95. The van der Waals surface area contributed by atoms with E-state index >= 15 is 0 Å². The first-order chi connectivity index (χ1) is 9.13. The van der Waals surface area contributed by atoms with Gasteiger partial charge in [0.05, 0.1) is 7.11 Å². The van der Waals surface area contributed by atoms with Crippen molar-refractivity contribution in [3.63, 3.8) is 0 Å². The highest BCUT2D eigenvalue weighted by atomic mass is 16.5. The third kappa shape index (κ3) is 2.29. The van der Waals surface area contributed by atoms with Gasteiger partial charge in [0.1, 0.15) is 11.2 Å². The van der Waals surface area contributed by atoms with E-state index in [1.807, 2.05) is 30.3 Å². The molecule has 19 heavy (non-hydrogen) atoms. The van der Waals surface area contributed by atoms with Crippen LogP contribution in [0.5, 0.6) is 0 Å². The number of ether oxygens (including phenoxy) is 1. The van der Waals surface area contributed by atoms with Gasteiger partial charge in [0.15, 0.2) is 0 Å². The Morgan fingerprint density at radius 2 is 1.89 bits per heavy atom. The van der Waals surface area contributed by atoms with Crippen molar-refractivity contribution in [3.8, 4) is 0 Å². The molecular weight excluding hydrogens is 240 g/mol. The molecule has 3 nitrogen and oxygen atoms in total. The fourth-order valence-corrected chi connectivity index (χ4v) is 3.30. The minimum Gasteiger partial charge on any atom is -0.468 e. The lowest BCUT2D eigenvalue weighted by atomic mass is 9.62. The van der Waals surface area contributed by atoms with Crippen molar-refractivity contribution in [2.75, 3.05) is 7.11 Å². The second-order valence-electron chi connectivity index (χ2n) is 5.23. The number of esters is 1. The predicted molar refractivity (Wildman–Crippen MR) is 72.8 cm³/mol. The lowest BCUT2D eigenvalue weighted by Crippen LogP contribution is -2.46. The summed E-state index contributed by atoms with van der Waals surface area (Å²) >= 11 is 0. The van der Waals surface area contributed by atoms with E-state index in [1.165, 1.54) is 14.0 Å². The van der Waals surface area contributed by atoms with Gasteiger partial charge in [-0.1, -0.05) is 43.2 Å². The van der Waals surface area contributed by atoms with Gasteiger partial charge in [0.25, 0.3) is 0 Å². The van der Waals surface area contributed by atoms with Crippen molar-refractivity contribution in [2.24, 2.45) is 5.41 Å². The average molecular weight is 260 g/mol. The third-order valence-electron chi connectivity index (χ3n) is 4.29. The largest absolute Gasteiger partial charge is 0.468 e. The van der Waals surface area contributed by atoms with E-state index in [1.54, 1.807) is 0 Å². The molecule has 0 spiro atoms. The monoisotopic (exact) mass is 260 g/mol. The van der Waals surface area contributed by atoms with Gasteiger partial charge in [-0.3, -0.25) is 9.59 Å². The summed E-state index contributed by atoms with van der Waals surface area (Å²) in [4.78, 5) is 24.5. The summed E-state index contributed by atoms with van der Waals surface area (Å²) in [7, 11) is 1.36. The quantitative estimate of drug-likeness (QED) is 0.619. The molecule has 0 saturated heterocycles. The number of hydrogen-bond donors (Lipinski definition) is 0. The number of hydrogen-bond acceptors (Lipinski definition) is 3. The van der Waals surface area contributed by atoms with E-state index in [9.17, 15) is 9.59 Å². The van der Waals surface area contributed by atoms with Crippen LogP contribution >= 0.6 is 0 Å². The van der Waals surface area contributed by atoms with Crippen LogP contribution in [0.3, 0.4) is 0 Å². The van der Waals surface area contributed by atoms with E-state index in [0.717, 1.165) is 24.8 Å². The van der Waals surface area contributed by atoms with Gasteiger partial charge >= 0.3 is 5.97 Å². The summed E-state index contributed by atoms with van der Waals surface area (Å²) in [6.45, 7) is 1.51. The van der Waals surface area contributed by atoms with Crippen LogP contribution in [0.4, 0.5) is 0 Å². The van der Waals surface area contributed by atoms with Crippen molar-refractivity contribution < 1.29 is 14.3 Å². The van der Waals surface area contributed by atoms with Gasteiger partial charge in [-0.15, -0.1) is 0 Å². The van der Waals surface area contributed by atoms with Crippen LogP contribution in [0.1, 0.15) is 44.1 Å². The third-order valence-corrected chi connectivity index (χ3v) is 4.29. The molecule has 1 aromatic rings. The number of methoxy groups -OCH3 is 1. The maximum Gasteiger partial charge on any atom is 0.319 e. The highest BCUT2D eigenvalue weighted by Gasteiger charge is 2.52. The van der Waals surface area contributed by atoms with Crippen LogP contribution in [0.2, 0.25) is 0 Å². The van der Waals surface area contributed by atoms with Gasteiger partial charge in [0, 0.05) is 5.92 Å². The maximum atomic E-state index is 12.3. The van der Waals surface area contributed by atoms with E-state index < -0.39 is 5.41 Å². The zero-order valence-electron chi connectivity index (χ0n) is 11.5. The summed E-state index contributed by atoms with van der Waals surface area (Å²) in [6.07, 6.45) is 3.40. The summed E-state index contributed by atoms with van der Waals surface area (Å²) in [5.41, 5.74) is 0.0664. The van der Waals surface area contributed by atoms with Crippen LogP contribution < -0.4 is 0 Å². The van der Waals surface area contributed by atoms with Crippen molar-refractivity contribution >= 4 is 11.8 Å². The second kappa shape index (κ2) is 5.55. The minimum absolute atomic E-state index is 0.0626. The van der Waals surface area contributed by atoms with Gasteiger partial charge in [0.2, 0.25) is 0 Å². The Bertz CT molecular complexity index is 466. The van der Waals surface area contributed by atoms with Gasteiger partial charge < -0.3 is 4.74 Å². The highest BCUT2D eigenvalue weighted by Crippen LogP contribution is 2.48. The molecule has 0 heterocycles. The van der Waals surface area contributed by atoms with Crippen LogP contribution in [-0.2, 0) is 14.3 Å². The average Bonchev–Trinajstić information content (AvgIpc) is 2.47. The Labute approximate surface area is 114 Å². The van der Waals surface area contributed by atoms with Gasteiger partial charge in [-0.05, 0) is 25.3 Å². The zero-order valence-corrected chi connectivity index (χ0v) is 11.5. The fourth-order valence-electron chi connectivity index (χ4n) is 3.30. The summed E-state index contributed by atoms with van der Waals surface area (Å²) in [5.74, 6) is -0.520.